The Kier molecular flexibility index (Phi) is 4.26. The van der Waals surface area contributed by atoms with Crippen LogP contribution >= 0.6 is 0 Å². The second kappa shape index (κ2) is 6.61. The highest BCUT2D eigenvalue weighted by Gasteiger charge is 2.30. The van der Waals surface area contributed by atoms with Crippen molar-refractivity contribution in [2.45, 2.75) is 33.0 Å². The highest BCUT2D eigenvalue weighted by molar-refractivity contribution is 5.92. The van der Waals surface area contributed by atoms with E-state index in [0.717, 1.165) is 28.3 Å². The Hall–Kier alpha value is -3.02. The summed E-state index contributed by atoms with van der Waals surface area (Å²) in [6.45, 7) is 6.36. The average Bonchev–Trinajstić information content (AvgIpc) is 3.02. The van der Waals surface area contributed by atoms with Crippen LogP contribution in [-0.4, -0.2) is 36.0 Å². The first kappa shape index (κ1) is 17.4. The van der Waals surface area contributed by atoms with Crippen molar-refractivity contribution in [2.75, 3.05) is 19.1 Å². The molecule has 1 aliphatic heterocycles. The molecule has 0 N–H and O–H groups in total. The number of rotatable bonds is 4. The molecule has 2 aromatic heterocycles. The minimum atomic E-state index is -0.000682. The summed E-state index contributed by atoms with van der Waals surface area (Å²) in [5.41, 5.74) is 5.24. The van der Waals surface area contributed by atoms with Gasteiger partial charge in [0, 0.05) is 24.0 Å². The first-order valence-corrected chi connectivity index (χ1v) is 9.06. The van der Waals surface area contributed by atoms with E-state index in [1.54, 1.807) is 14.2 Å². The van der Waals surface area contributed by atoms with Crippen molar-refractivity contribution in [1.82, 2.24) is 9.38 Å². The fourth-order valence-corrected chi connectivity index (χ4v) is 3.97. The van der Waals surface area contributed by atoms with Crippen LogP contribution in [0.5, 0.6) is 11.5 Å². The van der Waals surface area contributed by atoms with E-state index in [-0.39, 0.29) is 12.2 Å². The number of hydrogen-bond acceptors (Lipinski definition) is 5. The van der Waals surface area contributed by atoms with Gasteiger partial charge in [-0.25, -0.2) is 4.98 Å². The van der Waals surface area contributed by atoms with Crippen LogP contribution < -0.4 is 14.4 Å². The van der Waals surface area contributed by atoms with Crippen LogP contribution in [0.1, 0.15) is 36.8 Å². The lowest BCUT2D eigenvalue weighted by atomic mass is 10.0. The molecule has 0 radical (unpaired) electrons. The number of imidazole rings is 1. The molecule has 1 aliphatic rings. The SMILES string of the molecule is COc1cc2c(cc1OC)N(C(C)c1c(C)nc3ccccn13)C(C)N=C2. The molecular weight excluding hydrogens is 340 g/mol. The van der Waals surface area contributed by atoms with E-state index in [2.05, 4.69) is 36.3 Å². The van der Waals surface area contributed by atoms with Gasteiger partial charge in [0.1, 0.15) is 11.8 Å². The van der Waals surface area contributed by atoms with E-state index >= 15 is 0 Å². The van der Waals surface area contributed by atoms with E-state index in [4.69, 9.17) is 19.5 Å². The van der Waals surface area contributed by atoms with Crippen LogP contribution in [0.25, 0.3) is 5.65 Å². The third-order valence-corrected chi connectivity index (χ3v) is 5.21. The number of anilines is 1. The molecule has 6 heteroatoms. The molecule has 0 amide bonds. The molecule has 1 aromatic carbocycles. The van der Waals surface area contributed by atoms with E-state index < -0.39 is 0 Å². The monoisotopic (exact) mass is 364 g/mol. The molecule has 0 aliphatic carbocycles. The number of aryl methyl sites for hydroxylation is 1. The number of ether oxygens (including phenoxy) is 2. The van der Waals surface area contributed by atoms with Crippen LogP contribution in [0.15, 0.2) is 41.5 Å². The van der Waals surface area contributed by atoms with Gasteiger partial charge in [-0.3, -0.25) is 4.99 Å². The Bertz CT molecular complexity index is 1020. The summed E-state index contributed by atoms with van der Waals surface area (Å²) in [6, 6.07) is 10.2. The van der Waals surface area contributed by atoms with Gasteiger partial charge in [0.15, 0.2) is 11.5 Å². The van der Waals surface area contributed by atoms with Gasteiger partial charge < -0.3 is 18.8 Å². The topological polar surface area (TPSA) is 51.4 Å². The minimum Gasteiger partial charge on any atom is -0.493 e. The lowest BCUT2D eigenvalue weighted by Gasteiger charge is -2.38. The minimum absolute atomic E-state index is 0.000682. The number of aliphatic imine (C=N–C) groups is 1. The van der Waals surface area contributed by atoms with Gasteiger partial charge in [-0.2, -0.15) is 0 Å². The Balaban J connectivity index is 1.86. The quantitative estimate of drug-likeness (QED) is 0.702. The molecule has 3 heterocycles. The predicted octanol–water partition coefficient (Wildman–Crippen LogP) is 4.01. The molecule has 0 saturated heterocycles. The number of methoxy groups -OCH3 is 2. The smallest absolute Gasteiger partial charge is 0.162 e. The summed E-state index contributed by atoms with van der Waals surface area (Å²) in [5, 5.41) is 0. The van der Waals surface area contributed by atoms with E-state index in [9.17, 15) is 0 Å². The number of nitrogens with zero attached hydrogens (tertiary/aromatic N) is 4. The van der Waals surface area contributed by atoms with Crippen molar-refractivity contribution in [3.63, 3.8) is 0 Å². The highest BCUT2D eigenvalue weighted by atomic mass is 16.5. The van der Waals surface area contributed by atoms with Gasteiger partial charge >= 0.3 is 0 Å². The standard InChI is InChI=1S/C21H24N4O2/c1-13-21(24-9-7-6-8-20(24)23-13)14(2)25-15(3)22-12-16-10-18(26-4)19(27-5)11-17(16)25/h6-12,14-15H,1-5H3. The van der Waals surface area contributed by atoms with Gasteiger partial charge in [0.25, 0.3) is 0 Å². The van der Waals surface area contributed by atoms with Gasteiger partial charge in [0.05, 0.1) is 37.3 Å². The number of benzene rings is 1. The molecule has 0 spiro atoms. The lowest BCUT2D eigenvalue weighted by molar-refractivity contribution is 0.354. The molecule has 0 bridgehead atoms. The van der Waals surface area contributed by atoms with Crippen LogP contribution in [0.2, 0.25) is 0 Å². The largest absolute Gasteiger partial charge is 0.493 e. The molecular formula is C21H24N4O2. The Labute approximate surface area is 159 Å². The Morgan fingerprint density at radius 2 is 1.85 bits per heavy atom. The van der Waals surface area contributed by atoms with E-state index in [1.165, 1.54) is 0 Å². The molecule has 0 fully saturated rings. The average molecular weight is 364 g/mol. The normalized spacial score (nSPS) is 17.1. The zero-order chi connectivity index (χ0) is 19.1. The second-order valence-electron chi connectivity index (χ2n) is 6.77. The van der Waals surface area contributed by atoms with Gasteiger partial charge in [0.2, 0.25) is 0 Å². The second-order valence-corrected chi connectivity index (χ2v) is 6.77. The molecule has 2 unspecified atom stereocenters. The first-order valence-electron chi connectivity index (χ1n) is 9.06. The van der Waals surface area contributed by atoms with Crippen LogP contribution in [0, 0.1) is 6.92 Å². The third kappa shape index (κ3) is 2.72. The fourth-order valence-electron chi connectivity index (χ4n) is 3.97. The predicted molar refractivity (Wildman–Crippen MR) is 107 cm³/mol. The van der Waals surface area contributed by atoms with Crippen molar-refractivity contribution < 1.29 is 9.47 Å². The molecule has 2 atom stereocenters. The van der Waals surface area contributed by atoms with Crippen molar-refractivity contribution in [1.29, 1.82) is 0 Å². The molecule has 3 aromatic rings. The highest BCUT2D eigenvalue weighted by Crippen LogP contribution is 2.41. The maximum Gasteiger partial charge on any atom is 0.162 e. The zero-order valence-corrected chi connectivity index (χ0v) is 16.3. The summed E-state index contributed by atoms with van der Waals surface area (Å²) in [7, 11) is 3.31. The molecule has 4 rings (SSSR count). The number of aromatic nitrogens is 2. The third-order valence-electron chi connectivity index (χ3n) is 5.21. The maximum absolute atomic E-state index is 5.54. The summed E-state index contributed by atoms with van der Waals surface area (Å²) in [5.74, 6) is 1.42. The van der Waals surface area contributed by atoms with Gasteiger partial charge in [-0.15, -0.1) is 0 Å². The van der Waals surface area contributed by atoms with Crippen LogP contribution in [-0.2, 0) is 0 Å². The molecule has 140 valence electrons. The first-order chi connectivity index (χ1) is 13.0. The Morgan fingerprint density at radius 1 is 1.11 bits per heavy atom. The number of pyridine rings is 1. The summed E-state index contributed by atoms with van der Waals surface area (Å²) in [4.78, 5) is 11.7. The van der Waals surface area contributed by atoms with E-state index in [0.29, 0.717) is 11.5 Å². The molecule has 6 nitrogen and oxygen atoms in total. The van der Waals surface area contributed by atoms with Gasteiger partial charge in [-0.05, 0) is 39.0 Å². The van der Waals surface area contributed by atoms with Crippen LogP contribution in [0.4, 0.5) is 5.69 Å². The van der Waals surface area contributed by atoms with Crippen molar-refractivity contribution in [2.24, 2.45) is 4.99 Å². The summed E-state index contributed by atoms with van der Waals surface area (Å²) in [6.07, 6.45) is 3.97. The molecule has 0 saturated carbocycles. The van der Waals surface area contributed by atoms with Crippen LogP contribution in [0.3, 0.4) is 0 Å². The maximum atomic E-state index is 5.54. The number of hydrogen-bond donors (Lipinski definition) is 0. The lowest BCUT2D eigenvalue weighted by Crippen LogP contribution is -2.38. The van der Waals surface area contributed by atoms with Crippen molar-refractivity contribution in [3.05, 3.63) is 53.5 Å². The van der Waals surface area contributed by atoms with Gasteiger partial charge in [-0.1, -0.05) is 6.07 Å². The zero-order valence-electron chi connectivity index (χ0n) is 16.3. The van der Waals surface area contributed by atoms with Crippen molar-refractivity contribution in [3.8, 4) is 11.5 Å². The number of fused-ring (bicyclic) bond motifs is 2. The van der Waals surface area contributed by atoms with Crippen molar-refractivity contribution >= 4 is 17.5 Å². The summed E-state index contributed by atoms with van der Waals surface area (Å²) < 4.78 is 13.1. The Morgan fingerprint density at radius 3 is 2.59 bits per heavy atom. The summed E-state index contributed by atoms with van der Waals surface area (Å²) >= 11 is 0. The molecule has 27 heavy (non-hydrogen) atoms. The fraction of sp³-hybridized carbons (Fsp3) is 0.333. The van der Waals surface area contributed by atoms with E-state index in [1.807, 2.05) is 36.5 Å².